The van der Waals surface area contributed by atoms with Gasteiger partial charge in [-0.05, 0) is 12.1 Å². The number of para-hydroxylation sites is 1. The number of hydrogen-bond donors (Lipinski definition) is 1. The highest BCUT2D eigenvalue weighted by Gasteiger charge is 2.31. The number of nitrogens with one attached hydrogen (secondary N) is 1. The van der Waals surface area contributed by atoms with E-state index in [1.807, 2.05) is 0 Å². The summed E-state index contributed by atoms with van der Waals surface area (Å²) < 4.78 is 54.8. The molecule has 10 heteroatoms. The third kappa shape index (κ3) is 4.76. The fraction of sp³-hybridized carbons (Fsp3) is 0.562. The van der Waals surface area contributed by atoms with Crippen LogP contribution < -0.4 is 5.32 Å². The van der Waals surface area contributed by atoms with E-state index in [4.69, 9.17) is 0 Å². The molecule has 26 heavy (non-hydrogen) atoms. The van der Waals surface area contributed by atoms with Gasteiger partial charge in [-0.3, -0.25) is 9.69 Å². The van der Waals surface area contributed by atoms with Crippen molar-refractivity contribution in [2.75, 3.05) is 51.1 Å². The molecular formula is C16H24F2N4O3S. The average molecular weight is 390 g/mol. The quantitative estimate of drug-likeness (QED) is 0.757. The van der Waals surface area contributed by atoms with Crippen molar-refractivity contribution in [3.8, 4) is 0 Å². The highest BCUT2D eigenvalue weighted by atomic mass is 32.2. The van der Waals surface area contributed by atoms with Gasteiger partial charge >= 0.3 is 0 Å². The third-order valence-corrected chi connectivity index (χ3v) is 6.47. The molecule has 2 rings (SSSR count). The van der Waals surface area contributed by atoms with Gasteiger partial charge in [0.25, 0.3) is 10.2 Å². The molecule has 1 fully saturated rings. The first kappa shape index (κ1) is 20.7. The first-order valence-corrected chi connectivity index (χ1v) is 9.90. The van der Waals surface area contributed by atoms with Crippen LogP contribution in [0.4, 0.5) is 14.5 Å². The molecule has 0 aliphatic carbocycles. The molecule has 0 saturated carbocycles. The molecular weight excluding hydrogens is 366 g/mol. The molecule has 1 aliphatic rings. The summed E-state index contributed by atoms with van der Waals surface area (Å²) in [4.78, 5) is 13.8. The van der Waals surface area contributed by atoms with Gasteiger partial charge in [-0.1, -0.05) is 19.9 Å². The van der Waals surface area contributed by atoms with Crippen LogP contribution in [0.2, 0.25) is 0 Å². The Balaban J connectivity index is 1.90. The molecule has 0 unspecified atom stereocenters. The van der Waals surface area contributed by atoms with Crippen LogP contribution in [0, 0.1) is 11.6 Å². The summed E-state index contributed by atoms with van der Waals surface area (Å²) in [6.07, 6.45) is 0. The van der Waals surface area contributed by atoms with Crippen LogP contribution >= 0.6 is 0 Å². The standard InChI is InChI=1S/C16H24F2N4O3S/c1-3-21(4-2)26(24,25)22-10-8-20(9-11-22)12-15(23)19-16-13(17)6-5-7-14(16)18/h5-7H,3-4,8-12H2,1-2H3,(H,19,23). The zero-order valence-corrected chi connectivity index (χ0v) is 15.7. The molecule has 7 nitrogen and oxygen atoms in total. The fourth-order valence-corrected chi connectivity index (χ4v) is 4.43. The Morgan fingerprint density at radius 1 is 1.12 bits per heavy atom. The Morgan fingerprint density at radius 3 is 2.15 bits per heavy atom. The van der Waals surface area contributed by atoms with Gasteiger partial charge < -0.3 is 5.32 Å². The summed E-state index contributed by atoms with van der Waals surface area (Å²) in [5, 5.41) is 2.23. The lowest BCUT2D eigenvalue weighted by molar-refractivity contribution is -0.117. The van der Waals surface area contributed by atoms with Crippen LogP contribution in [0.1, 0.15) is 13.8 Å². The van der Waals surface area contributed by atoms with E-state index in [-0.39, 0.29) is 19.6 Å². The minimum atomic E-state index is -3.50. The third-order valence-electron chi connectivity index (χ3n) is 4.28. The van der Waals surface area contributed by atoms with Crippen molar-refractivity contribution in [2.45, 2.75) is 13.8 Å². The maximum Gasteiger partial charge on any atom is 0.282 e. The van der Waals surface area contributed by atoms with Crippen molar-refractivity contribution in [3.05, 3.63) is 29.8 Å². The number of halogens is 2. The van der Waals surface area contributed by atoms with Gasteiger partial charge in [0.15, 0.2) is 0 Å². The molecule has 1 amide bonds. The Kier molecular flexibility index (Phi) is 7.04. The average Bonchev–Trinajstić information content (AvgIpc) is 2.59. The van der Waals surface area contributed by atoms with Crippen molar-refractivity contribution >= 4 is 21.8 Å². The second-order valence-corrected chi connectivity index (χ2v) is 7.84. The van der Waals surface area contributed by atoms with Crippen molar-refractivity contribution in [1.82, 2.24) is 13.5 Å². The molecule has 1 aromatic carbocycles. The van der Waals surface area contributed by atoms with E-state index < -0.39 is 33.4 Å². The van der Waals surface area contributed by atoms with Gasteiger partial charge in [0.05, 0.1) is 6.54 Å². The molecule has 1 aliphatic heterocycles. The number of carbonyl (C=O) groups excluding carboxylic acids is 1. The Bertz CT molecular complexity index is 713. The lowest BCUT2D eigenvalue weighted by atomic mass is 10.3. The summed E-state index contributed by atoms with van der Waals surface area (Å²) in [5.74, 6) is -2.23. The number of piperazine rings is 1. The maximum atomic E-state index is 13.6. The Morgan fingerprint density at radius 2 is 1.65 bits per heavy atom. The van der Waals surface area contributed by atoms with E-state index in [1.165, 1.54) is 14.7 Å². The largest absolute Gasteiger partial charge is 0.320 e. The van der Waals surface area contributed by atoms with Crippen LogP contribution in [0.3, 0.4) is 0 Å². The Labute approximate surface area is 152 Å². The van der Waals surface area contributed by atoms with E-state index in [0.29, 0.717) is 26.2 Å². The second kappa shape index (κ2) is 8.85. The molecule has 0 radical (unpaired) electrons. The van der Waals surface area contributed by atoms with Gasteiger partial charge in [0, 0.05) is 39.3 Å². The van der Waals surface area contributed by atoms with Crippen molar-refractivity contribution < 1.29 is 22.0 Å². The van der Waals surface area contributed by atoms with E-state index in [2.05, 4.69) is 5.32 Å². The van der Waals surface area contributed by atoms with Gasteiger partial charge in [-0.25, -0.2) is 8.78 Å². The van der Waals surface area contributed by atoms with E-state index in [0.717, 1.165) is 12.1 Å². The zero-order valence-electron chi connectivity index (χ0n) is 14.9. The summed E-state index contributed by atoms with van der Waals surface area (Å²) in [7, 11) is -3.50. The maximum absolute atomic E-state index is 13.6. The number of rotatable bonds is 7. The van der Waals surface area contributed by atoms with Gasteiger partial charge in [-0.15, -0.1) is 0 Å². The smallest absolute Gasteiger partial charge is 0.282 e. The monoisotopic (exact) mass is 390 g/mol. The van der Waals surface area contributed by atoms with Crippen molar-refractivity contribution in [1.29, 1.82) is 0 Å². The predicted octanol–water partition coefficient (Wildman–Crippen LogP) is 1.11. The highest BCUT2D eigenvalue weighted by molar-refractivity contribution is 7.86. The SMILES string of the molecule is CCN(CC)S(=O)(=O)N1CCN(CC(=O)Nc2c(F)cccc2F)CC1. The van der Waals surface area contributed by atoms with Crippen molar-refractivity contribution in [2.24, 2.45) is 0 Å². The van der Waals surface area contributed by atoms with Gasteiger partial charge in [0.1, 0.15) is 17.3 Å². The van der Waals surface area contributed by atoms with Gasteiger partial charge in [0.2, 0.25) is 5.91 Å². The predicted molar refractivity (Wildman–Crippen MR) is 94.8 cm³/mol. The molecule has 1 aromatic rings. The first-order chi connectivity index (χ1) is 12.3. The first-order valence-electron chi connectivity index (χ1n) is 8.51. The molecule has 0 spiro atoms. The second-order valence-electron chi connectivity index (χ2n) is 5.91. The van der Waals surface area contributed by atoms with Crippen molar-refractivity contribution in [3.63, 3.8) is 0 Å². The molecule has 0 bridgehead atoms. The van der Waals surface area contributed by atoms with E-state index >= 15 is 0 Å². The summed E-state index contributed by atoms with van der Waals surface area (Å²) >= 11 is 0. The molecule has 1 N–H and O–H groups in total. The fourth-order valence-electron chi connectivity index (χ4n) is 2.83. The number of amides is 1. The number of anilines is 1. The van der Waals surface area contributed by atoms with Crippen LogP contribution in [0.5, 0.6) is 0 Å². The van der Waals surface area contributed by atoms with Gasteiger partial charge in [-0.2, -0.15) is 17.0 Å². The van der Waals surface area contributed by atoms with Crippen LogP contribution in [-0.4, -0.2) is 73.6 Å². The zero-order chi connectivity index (χ0) is 19.3. The molecule has 146 valence electrons. The van der Waals surface area contributed by atoms with Crippen LogP contribution in [0.25, 0.3) is 0 Å². The number of carbonyl (C=O) groups is 1. The lowest BCUT2D eigenvalue weighted by Gasteiger charge is -2.35. The molecule has 0 aromatic heterocycles. The van der Waals surface area contributed by atoms with E-state index in [9.17, 15) is 22.0 Å². The number of hydrogen-bond acceptors (Lipinski definition) is 4. The lowest BCUT2D eigenvalue weighted by Crippen LogP contribution is -2.54. The highest BCUT2D eigenvalue weighted by Crippen LogP contribution is 2.18. The summed E-state index contributed by atoms with van der Waals surface area (Å²) in [5.41, 5.74) is -0.472. The molecule has 1 saturated heterocycles. The molecule has 1 heterocycles. The number of benzene rings is 1. The Hall–Kier alpha value is -1.62. The molecule has 0 atom stereocenters. The topological polar surface area (TPSA) is 73.0 Å². The summed E-state index contributed by atoms with van der Waals surface area (Å²) in [6.45, 7) is 5.56. The van der Waals surface area contributed by atoms with E-state index in [1.54, 1.807) is 18.7 Å². The minimum Gasteiger partial charge on any atom is -0.320 e. The minimum absolute atomic E-state index is 0.0626. The van der Waals surface area contributed by atoms with Crippen LogP contribution in [0.15, 0.2) is 18.2 Å². The summed E-state index contributed by atoms with van der Waals surface area (Å²) in [6, 6.07) is 3.35. The van der Waals surface area contributed by atoms with Crippen LogP contribution in [-0.2, 0) is 15.0 Å². The normalized spacial score (nSPS) is 16.8. The number of nitrogens with zero attached hydrogens (tertiary/aromatic N) is 3.